The second kappa shape index (κ2) is 8.93. The third kappa shape index (κ3) is 5.39. The van der Waals surface area contributed by atoms with Crippen molar-refractivity contribution in [3.05, 3.63) is 0 Å². The average Bonchev–Trinajstić information content (AvgIpc) is 2.69. The first-order valence-corrected chi connectivity index (χ1v) is 7.64. The molecule has 2 unspecified atom stereocenters. The van der Waals surface area contributed by atoms with Crippen LogP contribution in [0.15, 0.2) is 0 Å². The molecule has 1 saturated heterocycles. The van der Waals surface area contributed by atoms with Crippen LogP contribution in [0, 0.1) is 5.92 Å². The zero-order valence-electron chi connectivity index (χ0n) is 11.8. The zero-order valence-corrected chi connectivity index (χ0v) is 11.8. The highest BCUT2D eigenvalue weighted by Gasteiger charge is 2.29. The van der Waals surface area contributed by atoms with Gasteiger partial charge in [0.05, 0.1) is 6.61 Å². The largest absolute Gasteiger partial charge is 0.395 e. The molecule has 1 aliphatic heterocycles. The summed E-state index contributed by atoms with van der Waals surface area (Å²) < 4.78 is 0. The molecule has 17 heavy (non-hydrogen) atoms. The summed E-state index contributed by atoms with van der Waals surface area (Å²) in [5, 5.41) is 9.36. The number of aliphatic hydroxyl groups excluding tert-OH is 1. The van der Waals surface area contributed by atoms with Gasteiger partial charge in [0, 0.05) is 6.04 Å². The van der Waals surface area contributed by atoms with Crippen molar-refractivity contribution in [3.63, 3.8) is 0 Å². The molecule has 0 aliphatic carbocycles. The maximum absolute atomic E-state index is 9.36. The van der Waals surface area contributed by atoms with Crippen molar-refractivity contribution in [3.8, 4) is 0 Å². The molecule has 0 aromatic carbocycles. The molecule has 0 aromatic heterocycles. The lowest BCUT2D eigenvalue weighted by Crippen LogP contribution is -2.35. The minimum absolute atomic E-state index is 0.345. The summed E-state index contributed by atoms with van der Waals surface area (Å²) in [6, 6.07) is 0.440. The summed E-state index contributed by atoms with van der Waals surface area (Å²) in [5.41, 5.74) is 0. The second-order valence-electron chi connectivity index (χ2n) is 5.67. The van der Waals surface area contributed by atoms with Crippen LogP contribution >= 0.6 is 0 Å². The van der Waals surface area contributed by atoms with Gasteiger partial charge >= 0.3 is 0 Å². The standard InChI is InChI=1S/C15H31NO/c1-3-4-5-6-7-8-9-11-16-12-10-14(2)15(16)13-17/h14-15,17H,3-13H2,1-2H3. The molecular formula is C15H31NO. The Kier molecular flexibility index (Phi) is 7.87. The van der Waals surface area contributed by atoms with Crippen LogP contribution in [0.5, 0.6) is 0 Å². The Balaban J connectivity index is 1.99. The van der Waals surface area contributed by atoms with Gasteiger partial charge in [0.15, 0.2) is 0 Å². The molecule has 0 spiro atoms. The molecular weight excluding hydrogens is 210 g/mol. The van der Waals surface area contributed by atoms with E-state index < -0.39 is 0 Å². The predicted molar refractivity (Wildman–Crippen MR) is 74.2 cm³/mol. The van der Waals surface area contributed by atoms with Crippen LogP contribution in [0.3, 0.4) is 0 Å². The molecule has 102 valence electrons. The maximum Gasteiger partial charge on any atom is 0.0589 e. The molecule has 0 aromatic rings. The minimum atomic E-state index is 0.345. The molecule has 0 radical (unpaired) electrons. The van der Waals surface area contributed by atoms with E-state index in [4.69, 9.17) is 0 Å². The monoisotopic (exact) mass is 241 g/mol. The number of hydrogen-bond donors (Lipinski definition) is 1. The topological polar surface area (TPSA) is 23.5 Å². The van der Waals surface area contributed by atoms with Crippen LogP contribution in [0.2, 0.25) is 0 Å². The fraction of sp³-hybridized carbons (Fsp3) is 1.00. The lowest BCUT2D eigenvalue weighted by molar-refractivity contribution is 0.137. The van der Waals surface area contributed by atoms with Gasteiger partial charge in [-0.2, -0.15) is 0 Å². The van der Waals surface area contributed by atoms with Gasteiger partial charge in [-0.3, -0.25) is 4.90 Å². The SMILES string of the molecule is CCCCCCCCCN1CCC(C)C1CO. The average molecular weight is 241 g/mol. The highest BCUT2D eigenvalue weighted by Crippen LogP contribution is 2.23. The van der Waals surface area contributed by atoms with E-state index in [9.17, 15) is 5.11 Å². The fourth-order valence-corrected chi connectivity index (χ4v) is 2.93. The number of unbranched alkanes of at least 4 members (excludes halogenated alkanes) is 6. The van der Waals surface area contributed by atoms with Crippen molar-refractivity contribution in [1.29, 1.82) is 0 Å². The molecule has 1 heterocycles. The van der Waals surface area contributed by atoms with Crippen molar-refractivity contribution < 1.29 is 5.11 Å². The van der Waals surface area contributed by atoms with Crippen molar-refractivity contribution in [2.45, 2.75) is 71.3 Å². The van der Waals surface area contributed by atoms with Gasteiger partial charge < -0.3 is 5.11 Å². The predicted octanol–water partition coefficient (Wildman–Crippen LogP) is 3.44. The van der Waals surface area contributed by atoms with Crippen LogP contribution < -0.4 is 0 Å². The molecule has 0 amide bonds. The summed E-state index contributed by atoms with van der Waals surface area (Å²) in [4.78, 5) is 2.50. The van der Waals surface area contributed by atoms with Crippen LogP contribution in [0.1, 0.15) is 65.2 Å². The van der Waals surface area contributed by atoms with Crippen molar-refractivity contribution in [1.82, 2.24) is 4.90 Å². The summed E-state index contributed by atoms with van der Waals surface area (Å²) in [5.74, 6) is 0.685. The van der Waals surface area contributed by atoms with Gasteiger partial charge in [-0.25, -0.2) is 0 Å². The van der Waals surface area contributed by atoms with Crippen molar-refractivity contribution in [2.75, 3.05) is 19.7 Å². The number of rotatable bonds is 9. The molecule has 0 saturated carbocycles. The Morgan fingerprint density at radius 1 is 1.06 bits per heavy atom. The third-order valence-electron chi connectivity index (χ3n) is 4.23. The van der Waals surface area contributed by atoms with E-state index in [0.717, 1.165) is 0 Å². The van der Waals surface area contributed by atoms with Crippen LogP contribution in [-0.4, -0.2) is 35.7 Å². The summed E-state index contributed by atoms with van der Waals surface area (Å²) in [7, 11) is 0. The van der Waals surface area contributed by atoms with Gasteiger partial charge in [-0.15, -0.1) is 0 Å². The van der Waals surface area contributed by atoms with E-state index in [1.54, 1.807) is 0 Å². The Morgan fingerprint density at radius 3 is 2.35 bits per heavy atom. The maximum atomic E-state index is 9.36. The number of hydrogen-bond acceptors (Lipinski definition) is 2. The van der Waals surface area contributed by atoms with E-state index in [0.29, 0.717) is 18.6 Å². The first-order valence-electron chi connectivity index (χ1n) is 7.64. The van der Waals surface area contributed by atoms with Gasteiger partial charge in [-0.1, -0.05) is 52.4 Å². The zero-order chi connectivity index (χ0) is 12.5. The highest BCUT2D eigenvalue weighted by molar-refractivity contribution is 4.83. The first kappa shape index (κ1) is 15.0. The van der Waals surface area contributed by atoms with Crippen LogP contribution in [0.4, 0.5) is 0 Å². The van der Waals surface area contributed by atoms with Crippen LogP contribution in [-0.2, 0) is 0 Å². The molecule has 2 nitrogen and oxygen atoms in total. The smallest absolute Gasteiger partial charge is 0.0589 e. The van der Waals surface area contributed by atoms with E-state index in [1.165, 1.54) is 64.5 Å². The van der Waals surface area contributed by atoms with Gasteiger partial charge in [0.1, 0.15) is 0 Å². The molecule has 0 bridgehead atoms. The first-order chi connectivity index (χ1) is 8.29. The van der Waals surface area contributed by atoms with Crippen LogP contribution in [0.25, 0.3) is 0 Å². The third-order valence-corrected chi connectivity index (χ3v) is 4.23. The molecule has 2 heteroatoms. The fourth-order valence-electron chi connectivity index (χ4n) is 2.93. The van der Waals surface area contributed by atoms with Gasteiger partial charge in [0.25, 0.3) is 0 Å². The van der Waals surface area contributed by atoms with E-state index in [1.807, 2.05) is 0 Å². The van der Waals surface area contributed by atoms with Crippen molar-refractivity contribution in [2.24, 2.45) is 5.92 Å². The van der Waals surface area contributed by atoms with E-state index in [-0.39, 0.29) is 0 Å². The molecule has 2 atom stereocenters. The van der Waals surface area contributed by atoms with E-state index in [2.05, 4.69) is 18.7 Å². The van der Waals surface area contributed by atoms with E-state index >= 15 is 0 Å². The molecule has 1 fully saturated rings. The Bertz CT molecular complexity index is 184. The lowest BCUT2D eigenvalue weighted by atomic mass is 10.0. The summed E-state index contributed by atoms with van der Waals surface area (Å²) >= 11 is 0. The highest BCUT2D eigenvalue weighted by atomic mass is 16.3. The second-order valence-corrected chi connectivity index (χ2v) is 5.67. The lowest BCUT2D eigenvalue weighted by Gasteiger charge is -2.24. The quantitative estimate of drug-likeness (QED) is 0.625. The Hall–Kier alpha value is -0.0800. The normalized spacial score (nSPS) is 25.6. The Labute approximate surface area is 107 Å². The molecule has 1 N–H and O–H groups in total. The summed E-state index contributed by atoms with van der Waals surface area (Å²) in [6.45, 7) is 7.28. The molecule has 1 rings (SSSR count). The Morgan fingerprint density at radius 2 is 1.71 bits per heavy atom. The molecule has 1 aliphatic rings. The van der Waals surface area contributed by atoms with Gasteiger partial charge in [-0.05, 0) is 31.8 Å². The minimum Gasteiger partial charge on any atom is -0.395 e. The summed E-state index contributed by atoms with van der Waals surface area (Å²) in [6.07, 6.45) is 10.9. The number of nitrogens with zero attached hydrogens (tertiary/aromatic N) is 1. The van der Waals surface area contributed by atoms with Crippen molar-refractivity contribution >= 4 is 0 Å². The number of likely N-dealkylation sites (tertiary alicyclic amines) is 1. The van der Waals surface area contributed by atoms with Gasteiger partial charge in [0.2, 0.25) is 0 Å². The number of aliphatic hydroxyl groups is 1.